The quantitative estimate of drug-likeness (QED) is 0.471. The number of amides is 1. The molecule has 0 atom stereocenters. The number of carbonyl (C=O) groups excluding carboxylic acids is 1. The smallest absolute Gasteiger partial charge is 0.387 e. The predicted molar refractivity (Wildman–Crippen MR) is 113 cm³/mol. The van der Waals surface area contributed by atoms with Gasteiger partial charge in [0.05, 0.1) is 0 Å². The summed E-state index contributed by atoms with van der Waals surface area (Å²) in [6.45, 7) is -2.77. The molecule has 0 saturated heterocycles. The molecule has 32 heavy (non-hydrogen) atoms. The maximum atomic E-state index is 12.3. The van der Waals surface area contributed by atoms with E-state index in [0.717, 1.165) is 0 Å². The first-order chi connectivity index (χ1) is 15.4. The van der Waals surface area contributed by atoms with Crippen LogP contribution in [0.15, 0.2) is 84.6 Å². The maximum absolute atomic E-state index is 12.3. The van der Waals surface area contributed by atoms with E-state index in [1.165, 1.54) is 18.2 Å². The molecule has 0 radical (unpaired) electrons. The third-order valence-corrected chi connectivity index (χ3v) is 4.23. The van der Waals surface area contributed by atoms with Crippen LogP contribution in [0.2, 0.25) is 0 Å². The van der Waals surface area contributed by atoms with E-state index in [-0.39, 0.29) is 18.1 Å². The van der Waals surface area contributed by atoms with Crippen LogP contribution in [0.5, 0.6) is 11.5 Å². The molecule has 0 bridgehead atoms. The number of carboxylic acid groups (broad SMARTS) is 1. The van der Waals surface area contributed by atoms with Gasteiger partial charge in [-0.3, -0.25) is 4.79 Å². The molecule has 2 N–H and O–H groups in total. The molecule has 0 aliphatic rings. The summed E-state index contributed by atoms with van der Waals surface area (Å²) in [7, 11) is 0. The lowest BCUT2D eigenvalue weighted by atomic mass is 10.1. The average Bonchev–Trinajstić information content (AvgIpc) is 2.78. The number of carbonyl (C=O) groups is 2. The molecule has 8 heteroatoms. The van der Waals surface area contributed by atoms with Crippen molar-refractivity contribution in [2.24, 2.45) is 0 Å². The zero-order valence-corrected chi connectivity index (χ0v) is 16.7. The van der Waals surface area contributed by atoms with E-state index >= 15 is 0 Å². The summed E-state index contributed by atoms with van der Waals surface area (Å²) in [6.07, 6.45) is 1.33. The Morgan fingerprint density at radius 3 is 2.31 bits per heavy atom. The number of rotatable bonds is 9. The summed E-state index contributed by atoms with van der Waals surface area (Å²) in [5, 5.41) is 11.8. The highest BCUT2D eigenvalue weighted by Gasteiger charge is 2.13. The Labute approximate surface area is 182 Å². The second-order valence-corrected chi connectivity index (χ2v) is 6.57. The van der Waals surface area contributed by atoms with Gasteiger partial charge in [0.15, 0.2) is 0 Å². The summed E-state index contributed by atoms with van der Waals surface area (Å²) in [5.74, 6) is -1.27. The van der Waals surface area contributed by atoms with E-state index < -0.39 is 18.5 Å². The van der Waals surface area contributed by atoms with Gasteiger partial charge in [-0.15, -0.1) is 0 Å². The maximum Gasteiger partial charge on any atom is 0.387 e. The van der Waals surface area contributed by atoms with Gasteiger partial charge in [0.2, 0.25) is 0 Å². The van der Waals surface area contributed by atoms with Crippen LogP contribution in [0.1, 0.15) is 21.5 Å². The molecule has 3 aromatic carbocycles. The third-order valence-electron chi connectivity index (χ3n) is 4.23. The molecule has 0 aromatic heterocycles. The number of carboxylic acids is 1. The van der Waals surface area contributed by atoms with Crippen molar-refractivity contribution in [2.75, 3.05) is 0 Å². The van der Waals surface area contributed by atoms with Gasteiger partial charge < -0.3 is 19.9 Å². The Morgan fingerprint density at radius 2 is 1.66 bits per heavy atom. The van der Waals surface area contributed by atoms with Crippen molar-refractivity contribution in [3.63, 3.8) is 0 Å². The van der Waals surface area contributed by atoms with Gasteiger partial charge in [-0.05, 0) is 53.6 Å². The first-order valence-corrected chi connectivity index (χ1v) is 9.49. The van der Waals surface area contributed by atoms with Crippen LogP contribution in [-0.2, 0) is 11.4 Å². The van der Waals surface area contributed by atoms with Gasteiger partial charge in [-0.2, -0.15) is 8.78 Å². The molecule has 0 heterocycles. The van der Waals surface area contributed by atoms with Crippen LogP contribution in [0, 0.1) is 0 Å². The van der Waals surface area contributed by atoms with Crippen LogP contribution < -0.4 is 14.8 Å². The number of hydrogen-bond acceptors (Lipinski definition) is 4. The van der Waals surface area contributed by atoms with Crippen molar-refractivity contribution in [2.45, 2.75) is 13.2 Å². The topological polar surface area (TPSA) is 84.9 Å². The minimum absolute atomic E-state index is 0.0420. The number of alkyl halides is 2. The molecule has 0 spiro atoms. The number of halogens is 2. The Bertz CT molecular complexity index is 1100. The molecule has 0 unspecified atom stereocenters. The van der Waals surface area contributed by atoms with Crippen molar-refractivity contribution in [1.82, 2.24) is 5.32 Å². The summed E-state index contributed by atoms with van der Waals surface area (Å²) < 4.78 is 34.6. The molecule has 0 saturated carbocycles. The Hall–Kier alpha value is -4.20. The van der Waals surface area contributed by atoms with Crippen molar-refractivity contribution in [3.05, 3.63) is 101 Å². The largest absolute Gasteiger partial charge is 0.489 e. The zero-order chi connectivity index (χ0) is 22.9. The molecule has 0 aliphatic heterocycles. The second kappa shape index (κ2) is 10.7. The second-order valence-electron chi connectivity index (χ2n) is 6.57. The number of ether oxygens (including phenoxy) is 2. The Morgan fingerprint density at radius 1 is 0.938 bits per heavy atom. The van der Waals surface area contributed by atoms with Gasteiger partial charge in [-0.1, -0.05) is 42.5 Å². The lowest BCUT2D eigenvalue weighted by Crippen LogP contribution is -2.27. The van der Waals surface area contributed by atoms with Crippen LogP contribution in [0.4, 0.5) is 8.78 Å². The first kappa shape index (κ1) is 22.5. The zero-order valence-electron chi connectivity index (χ0n) is 16.7. The van der Waals surface area contributed by atoms with Crippen LogP contribution in [0.3, 0.4) is 0 Å². The Balaban J connectivity index is 1.64. The lowest BCUT2D eigenvalue weighted by molar-refractivity contribution is -0.132. The van der Waals surface area contributed by atoms with Gasteiger partial charge >= 0.3 is 12.6 Å². The van der Waals surface area contributed by atoms with Crippen molar-refractivity contribution < 1.29 is 33.0 Å². The summed E-state index contributed by atoms with van der Waals surface area (Å²) in [5.41, 5.74) is 1.24. The predicted octanol–water partition coefficient (Wildman–Crippen LogP) is 4.72. The van der Waals surface area contributed by atoms with Crippen LogP contribution >= 0.6 is 0 Å². The van der Waals surface area contributed by atoms with E-state index in [1.807, 2.05) is 0 Å². The molecular weight excluding hydrogens is 420 g/mol. The normalized spacial score (nSPS) is 11.2. The molecule has 3 aromatic rings. The monoisotopic (exact) mass is 439 g/mol. The van der Waals surface area contributed by atoms with Crippen LogP contribution in [0.25, 0.3) is 6.08 Å². The van der Waals surface area contributed by atoms with Gasteiger partial charge in [-0.25, -0.2) is 4.79 Å². The standard InChI is InChI=1S/C24H19F2NO5/c25-24(26)32-20-8-4-5-17(13-20)15-31-19-11-9-16(10-12-19)14-21(23(29)30)27-22(28)18-6-2-1-3-7-18/h1-14,24H,15H2,(H,27,28)(H,29,30)/b21-14-. The van der Waals surface area contributed by atoms with Crippen LogP contribution in [-0.4, -0.2) is 23.6 Å². The van der Waals surface area contributed by atoms with Gasteiger partial charge in [0, 0.05) is 5.56 Å². The molecular formula is C24H19F2NO5. The third kappa shape index (κ3) is 6.66. The highest BCUT2D eigenvalue weighted by Crippen LogP contribution is 2.19. The fourth-order valence-corrected chi connectivity index (χ4v) is 2.74. The van der Waals surface area contributed by atoms with Crippen molar-refractivity contribution in [3.8, 4) is 11.5 Å². The average molecular weight is 439 g/mol. The molecule has 0 fully saturated rings. The molecule has 0 aliphatic carbocycles. The number of hydrogen-bond donors (Lipinski definition) is 2. The molecule has 164 valence electrons. The molecule has 1 amide bonds. The fourth-order valence-electron chi connectivity index (χ4n) is 2.74. The lowest BCUT2D eigenvalue weighted by Gasteiger charge is -2.09. The summed E-state index contributed by atoms with van der Waals surface area (Å²) >= 11 is 0. The highest BCUT2D eigenvalue weighted by atomic mass is 19.3. The first-order valence-electron chi connectivity index (χ1n) is 9.49. The van der Waals surface area contributed by atoms with Gasteiger partial charge in [0.1, 0.15) is 23.8 Å². The molecule has 3 rings (SSSR count). The van der Waals surface area contributed by atoms with Crippen molar-refractivity contribution in [1.29, 1.82) is 0 Å². The SMILES string of the molecule is O=C(O)/C(=C/c1ccc(OCc2cccc(OC(F)F)c2)cc1)NC(=O)c1ccccc1. The number of nitrogens with one attached hydrogen (secondary N) is 1. The van der Waals surface area contributed by atoms with E-state index in [2.05, 4.69) is 10.1 Å². The minimum atomic E-state index is -2.90. The van der Waals surface area contributed by atoms with E-state index in [1.54, 1.807) is 66.7 Å². The number of benzene rings is 3. The number of aliphatic carboxylic acids is 1. The van der Waals surface area contributed by atoms with E-state index in [0.29, 0.717) is 22.4 Å². The van der Waals surface area contributed by atoms with Crippen molar-refractivity contribution >= 4 is 18.0 Å². The summed E-state index contributed by atoms with van der Waals surface area (Å²) in [4.78, 5) is 23.7. The van der Waals surface area contributed by atoms with E-state index in [4.69, 9.17) is 4.74 Å². The Kier molecular flexibility index (Phi) is 7.53. The molecule has 6 nitrogen and oxygen atoms in total. The van der Waals surface area contributed by atoms with Gasteiger partial charge in [0.25, 0.3) is 5.91 Å². The fraction of sp³-hybridized carbons (Fsp3) is 0.0833. The highest BCUT2D eigenvalue weighted by molar-refractivity contribution is 6.02. The minimum Gasteiger partial charge on any atom is -0.489 e. The van der Waals surface area contributed by atoms with E-state index in [9.17, 15) is 23.5 Å². The summed E-state index contributed by atoms with van der Waals surface area (Å²) in [6, 6.07) is 21.0.